The van der Waals surface area contributed by atoms with Crippen molar-refractivity contribution in [2.24, 2.45) is 0 Å². The Morgan fingerprint density at radius 3 is 2.38 bits per heavy atom. The van der Waals surface area contributed by atoms with Crippen molar-refractivity contribution in [1.82, 2.24) is 4.98 Å². The van der Waals surface area contributed by atoms with Gasteiger partial charge in [0.15, 0.2) is 0 Å². The number of pyridine rings is 1. The molecule has 0 aliphatic rings. The Hall–Kier alpha value is 0.136. The maximum Gasteiger partial charge on any atom is 0.103 e. The van der Waals surface area contributed by atoms with E-state index in [4.69, 9.17) is 12.2 Å². The van der Waals surface area contributed by atoms with Gasteiger partial charge in [-0.2, -0.15) is 0 Å². The lowest BCUT2D eigenvalue weighted by Gasteiger charge is -1.76. The van der Waals surface area contributed by atoms with E-state index in [9.17, 15) is 0 Å². The molecule has 0 bridgehead atoms. The third-order valence-electron chi connectivity index (χ3n) is 0.681. The fraction of sp³-hybridized carbons (Fsp3) is 0. The zero-order chi connectivity index (χ0) is 5.11. The van der Waals surface area contributed by atoms with Crippen LogP contribution in [-0.2, 0) is 0 Å². The van der Waals surface area contributed by atoms with Crippen LogP contribution in [0.1, 0.15) is 0 Å². The summed E-state index contributed by atoms with van der Waals surface area (Å²) in [5.74, 6) is 0. The Kier molecular flexibility index (Phi) is 4.13. The smallest absolute Gasteiger partial charge is 0.103 e. The molecule has 0 saturated heterocycles. The minimum Gasteiger partial charge on any atom is -0.353 e. The Morgan fingerprint density at radius 2 is 2.12 bits per heavy atom. The number of nitrogens with one attached hydrogen (secondary N) is 1. The van der Waals surface area contributed by atoms with E-state index in [0.717, 1.165) is 4.64 Å². The molecule has 0 aliphatic heterocycles. The largest absolute Gasteiger partial charge is 0.353 e. The molecule has 1 aromatic rings. The second kappa shape index (κ2) is 4.06. The summed E-state index contributed by atoms with van der Waals surface area (Å²) in [6.07, 6.45) is 1.81. The number of H-pyrrole nitrogens is 1. The van der Waals surface area contributed by atoms with Gasteiger partial charge in [0.1, 0.15) is 4.64 Å². The van der Waals surface area contributed by atoms with Crippen molar-refractivity contribution in [2.75, 3.05) is 0 Å². The van der Waals surface area contributed by atoms with E-state index in [1.54, 1.807) is 0 Å². The molecule has 0 atom stereocenters. The third kappa shape index (κ3) is 2.45. The zero-order valence-electron chi connectivity index (χ0n) is 4.42. The van der Waals surface area contributed by atoms with Gasteiger partial charge < -0.3 is 4.98 Å². The number of aromatic amines is 1. The minimum atomic E-state index is 0. The van der Waals surface area contributed by atoms with Crippen molar-refractivity contribution < 1.29 is 0 Å². The Morgan fingerprint density at radius 1 is 1.38 bits per heavy atom. The fourth-order valence-corrected chi connectivity index (χ4v) is 0.523. The van der Waals surface area contributed by atoms with Crippen molar-refractivity contribution in [1.29, 1.82) is 0 Å². The molecule has 0 saturated carbocycles. The Bertz CT molecular complexity index is 178. The minimum absolute atomic E-state index is 0. The summed E-state index contributed by atoms with van der Waals surface area (Å²) >= 11 is 4.76. The topological polar surface area (TPSA) is 15.8 Å². The molecule has 0 unspecified atom stereocenters. The highest BCUT2D eigenvalue weighted by Crippen LogP contribution is 1.80. The molecule has 1 nitrogen and oxygen atoms in total. The van der Waals surface area contributed by atoms with Gasteiger partial charge >= 0.3 is 0 Å². The number of rotatable bonds is 0. The van der Waals surface area contributed by atoms with Gasteiger partial charge in [0.05, 0.1) is 0 Å². The van der Waals surface area contributed by atoms with Crippen LogP contribution in [-0.4, -0.2) is 28.0 Å². The van der Waals surface area contributed by atoms with E-state index in [1.165, 1.54) is 0 Å². The summed E-state index contributed by atoms with van der Waals surface area (Å²) < 4.78 is 0.780. The van der Waals surface area contributed by atoms with E-state index in [1.807, 2.05) is 24.4 Å². The molecule has 1 heterocycles. The highest BCUT2D eigenvalue weighted by molar-refractivity contribution is 7.71. The molecule has 3 heteroatoms. The molecule has 1 N–H and O–H groups in total. The molecule has 1 aromatic heterocycles. The highest BCUT2D eigenvalue weighted by Gasteiger charge is 1.65. The van der Waals surface area contributed by atoms with Gasteiger partial charge in [0, 0.05) is 29.2 Å². The average molecular weight is 135 g/mol. The lowest BCUT2D eigenvalue weighted by atomic mass is 10.5. The summed E-state index contributed by atoms with van der Waals surface area (Å²) in [6.45, 7) is 0. The molecule has 0 aromatic carbocycles. The summed E-state index contributed by atoms with van der Waals surface area (Å²) in [6, 6.07) is 5.64. The van der Waals surface area contributed by atoms with Crippen LogP contribution in [0.2, 0.25) is 0 Å². The first kappa shape index (κ1) is 8.14. The molecule has 0 spiro atoms. The van der Waals surface area contributed by atoms with Gasteiger partial charge in [-0.05, 0) is 12.1 Å². The molecule has 38 valence electrons. The molecule has 0 amide bonds. The van der Waals surface area contributed by atoms with Crippen LogP contribution < -0.4 is 0 Å². The fourth-order valence-electron chi connectivity index (χ4n) is 0.377. The van der Waals surface area contributed by atoms with E-state index < -0.39 is 0 Å². The molecule has 0 aliphatic carbocycles. The highest BCUT2D eigenvalue weighted by atomic mass is 32.1. The summed E-state index contributed by atoms with van der Waals surface area (Å²) in [5.41, 5.74) is 0. The number of hydrogen-bond acceptors (Lipinski definition) is 1. The van der Waals surface area contributed by atoms with E-state index in [2.05, 4.69) is 4.98 Å². The van der Waals surface area contributed by atoms with Gasteiger partial charge in [0.2, 0.25) is 0 Å². The number of hydrogen-bond donors (Lipinski definition) is 1. The normalized spacial score (nSPS) is 7.50. The molecule has 2 radical (unpaired) electrons. The first-order valence-electron chi connectivity index (χ1n) is 2.03. The van der Waals surface area contributed by atoms with E-state index in [0.29, 0.717) is 0 Å². The van der Waals surface area contributed by atoms with Crippen LogP contribution in [0.3, 0.4) is 0 Å². The monoisotopic (exact) mass is 135 g/mol. The van der Waals surface area contributed by atoms with Crippen LogP contribution in [0.25, 0.3) is 0 Å². The van der Waals surface area contributed by atoms with Crippen LogP contribution in [0.5, 0.6) is 0 Å². The van der Waals surface area contributed by atoms with E-state index >= 15 is 0 Å². The Labute approximate surface area is 69.3 Å². The quantitative estimate of drug-likeness (QED) is 0.420. The van der Waals surface area contributed by atoms with Crippen molar-refractivity contribution in [2.45, 2.75) is 0 Å². The van der Waals surface area contributed by atoms with Crippen molar-refractivity contribution >= 4 is 35.3 Å². The molecule has 1 rings (SSSR count). The predicted molar refractivity (Wildman–Crippen MR) is 37.4 cm³/mol. The second-order valence-electron chi connectivity index (χ2n) is 1.23. The van der Waals surface area contributed by atoms with Gasteiger partial charge in [-0.15, -0.1) is 0 Å². The lowest BCUT2D eigenvalue weighted by molar-refractivity contribution is 1.30. The maximum absolute atomic E-state index is 4.76. The summed E-state index contributed by atoms with van der Waals surface area (Å²) in [4.78, 5) is 2.85. The van der Waals surface area contributed by atoms with Crippen LogP contribution in [0.4, 0.5) is 0 Å². The predicted octanol–water partition coefficient (Wildman–Crippen LogP) is 1.36. The van der Waals surface area contributed by atoms with E-state index in [-0.39, 0.29) is 23.1 Å². The van der Waals surface area contributed by atoms with Crippen LogP contribution >= 0.6 is 12.2 Å². The number of aromatic nitrogens is 1. The van der Waals surface area contributed by atoms with Gasteiger partial charge in [-0.25, -0.2) is 0 Å². The van der Waals surface area contributed by atoms with Gasteiger partial charge in [-0.3, -0.25) is 0 Å². The molecule has 8 heavy (non-hydrogen) atoms. The second-order valence-corrected chi connectivity index (χ2v) is 1.67. The van der Waals surface area contributed by atoms with Gasteiger partial charge in [-0.1, -0.05) is 18.3 Å². The Balaban J connectivity index is 0.000000490. The van der Waals surface area contributed by atoms with Crippen LogP contribution in [0, 0.1) is 4.64 Å². The summed E-state index contributed by atoms with van der Waals surface area (Å²) in [5, 5.41) is 0. The SMILES string of the molecule is S=c1cccc[nH]1.[Mg]. The standard InChI is InChI=1S/C5H5NS.Mg/c7-5-3-1-2-4-6-5;/h1-4H,(H,6,7);. The summed E-state index contributed by atoms with van der Waals surface area (Å²) in [7, 11) is 0. The van der Waals surface area contributed by atoms with Crippen molar-refractivity contribution in [3.63, 3.8) is 0 Å². The molecule has 0 fully saturated rings. The van der Waals surface area contributed by atoms with Gasteiger partial charge in [0.25, 0.3) is 0 Å². The van der Waals surface area contributed by atoms with Crippen molar-refractivity contribution in [3.8, 4) is 0 Å². The maximum atomic E-state index is 4.76. The third-order valence-corrected chi connectivity index (χ3v) is 0.934. The van der Waals surface area contributed by atoms with Crippen LogP contribution in [0.15, 0.2) is 24.4 Å². The zero-order valence-corrected chi connectivity index (χ0v) is 6.66. The average Bonchev–Trinajstić information content (AvgIpc) is 1.69. The molecular formula is C5H5MgNS. The van der Waals surface area contributed by atoms with Crippen molar-refractivity contribution in [3.05, 3.63) is 29.0 Å². The lowest BCUT2D eigenvalue weighted by Crippen LogP contribution is -1.64. The first-order chi connectivity index (χ1) is 3.39. The molecular weight excluding hydrogens is 130 g/mol. The first-order valence-corrected chi connectivity index (χ1v) is 2.44.